The van der Waals surface area contributed by atoms with Crippen molar-refractivity contribution in [2.24, 2.45) is 0 Å². The molecule has 1 saturated heterocycles. The predicted molar refractivity (Wildman–Crippen MR) is 221 cm³/mol. The molecule has 2 aliphatic rings. The fraction of sp³-hybridized carbons (Fsp3) is 0.762. The van der Waals surface area contributed by atoms with Crippen molar-refractivity contribution in [2.45, 2.75) is 45.1 Å². The number of nitrogens with zero attached hydrogens (tertiary/aromatic N) is 1. The summed E-state index contributed by atoms with van der Waals surface area (Å²) in [5, 5.41) is 5.33. The second-order valence-electron chi connectivity index (χ2n) is 13.7. The van der Waals surface area contributed by atoms with Gasteiger partial charge in [-0.25, -0.2) is 0 Å². The standard InChI is InChI=1S/C42H69N3O16/c1-2-3-4-11-50-13-15-52-17-19-54-21-23-56-25-27-58-29-31-60-33-34-61-32-30-59-28-26-57-24-22-55-20-18-53-16-14-51-12-10-43-36-7-5-6-35-39(36)42(49)45(41(35)48)37-8-9-38(46)44-40(37)47/h5-7,37,43H,2-4,8-34H2,1H3,(H,44,46,47). The molecule has 2 heterocycles. The van der Waals surface area contributed by atoms with Crippen molar-refractivity contribution in [1.29, 1.82) is 0 Å². The molecule has 1 atom stereocenters. The van der Waals surface area contributed by atoms with Gasteiger partial charge in [-0.1, -0.05) is 25.8 Å². The number of piperidine rings is 1. The fourth-order valence-corrected chi connectivity index (χ4v) is 5.90. The SMILES string of the molecule is CCCCCOCCOCCOCCOCCOCCOCCOCCOCCOCCOCCOCCOCCNc1cccc2c1C(=O)N(C1CCC(=O)NC1=O)C2=O. The Labute approximate surface area is 359 Å². The minimum absolute atomic E-state index is 0.0648. The Morgan fingerprint density at radius 3 is 1.31 bits per heavy atom. The van der Waals surface area contributed by atoms with Crippen LogP contribution >= 0.6 is 0 Å². The molecular formula is C42H69N3O16. The van der Waals surface area contributed by atoms with E-state index in [4.69, 9.17) is 56.8 Å². The Balaban J connectivity index is 0.969. The molecule has 3 rings (SSSR count). The van der Waals surface area contributed by atoms with E-state index in [2.05, 4.69) is 17.6 Å². The lowest BCUT2D eigenvalue weighted by molar-refractivity contribution is -0.136. The maximum Gasteiger partial charge on any atom is 0.264 e. The average Bonchev–Trinajstić information content (AvgIpc) is 3.51. The number of benzene rings is 1. The monoisotopic (exact) mass is 871 g/mol. The van der Waals surface area contributed by atoms with Crippen LogP contribution in [0.25, 0.3) is 0 Å². The van der Waals surface area contributed by atoms with E-state index in [0.29, 0.717) is 164 Å². The van der Waals surface area contributed by atoms with E-state index in [1.54, 1.807) is 18.2 Å². The number of unbranched alkanes of at least 4 members (excludes halogenated alkanes) is 2. The minimum atomic E-state index is -1.01. The summed E-state index contributed by atoms with van der Waals surface area (Å²) < 4.78 is 66.1. The Kier molecular flexibility index (Phi) is 30.2. The molecule has 19 nitrogen and oxygen atoms in total. The molecule has 4 amide bonds. The number of nitrogens with one attached hydrogen (secondary N) is 2. The van der Waals surface area contributed by atoms with Crippen molar-refractivity contribution in [3.63, 3.8) is 0 Å². The van der Waals surface area contributed by atoms with Crippen molar-refractivity contribution in [3.05, 3.63) is 29.3 Å². The van der Waals surface area contributed by atoms with E-state index in [0.717, 1.165) is 17.9 Å². The molecule has 1 aromatic rings. The summed E-state index contributed by atoms with van der Waals surface area (Å²) in [6, 6.07) is 3.90. The quantitative estimate of drug-likeness (QED) is 0.0711. The number of fused-ring (bicyclic) bond motifs is 1. The number of rotatable bonds is 42. The summed E-state index contributed by atoms with van der Waals surface area (Å²) in [5.41, 5.74) is 0.906. The van der Waals surface area contributed by atoms with Crippen LogP contribution in [-0.4, -0.2) is 200 Å². The first kappa shape index (κ1) is 52.2. The molecular weight excluding hydrogens is 802 g/mol. The molecule has 0 aromatic heterocycles. The lowest BCUT2D eigenvalue weighted by Crippen LogP contribution is -2.54. The van der Waals surface area contributed by atoms with Gasteiger partial charge in [0.1, 0.15) is 6.04 Å². The van der Waals surface area contributed by atoms with Crippen molar-refractivity contribution in [2.75, 3.05) is 170 Å². The summed E-state index contributed by atoms with van der Waals surface area (Å²) in [6.07, 6.45) is 3.68. The van der Waals surface area contributed by atoms with Crippen LogP contribution in [0.3, 0.4) is 0 Å². The second-order valence-corrected chi connectivity index (χ2v) is 13.7. The maximum atomic E-state index is 13.2. The number of hydrogen-bond acceptors (Lipinski definition) is 17. The molecule has 0 radical (unpaired) electrons. The summed E-state index contributed by atoms with van der Waals surface area (Å²) in [5.74, 6) is -2.17. The number of imide groups is 2. The zero-order chi connectivity index (χ0) is 43.4. The van der Waals surface area contributed by atoms with E-state index in [9.17, 15) is 19.2 Å². The van der Waals surface area contributed by atoms with Crippen molar-refractivity contribution in [3.8, 4) is 0 Å². The summed E-state index contributed by atoms with van der Waals surface area (Å²) in [6.45, 7) is 14.4. The van der Waals surface area contributed by atoms with Crippen molar-refractivity contribution in [1.82, 2.24) is 10.2 Å². The first-order valence-corrected chi connectivity index (χ1v) is 21.6. The Morgan fingerprint density at radius 1 is 0.525 bits per heavy atom. The van der Waals surface area contributed by atoms with Crippen molar-refractivity contribution < 1.29 is 76.0 Å². The zero-order valence-electron chi connectivity index (χ0n) is 36.0. The van der Waals surface area contributed by atoms with E-state index in [1.807, 2.05) is 0 Å². The van der Waals surface area contributed by atoms with Gasteiger partial charge in [-0.15, -0.1) is 0 Å². The highest BCUT2D eigenvalue weighted by Crippen LogP contribution is 2.32. The average molecular weight is 872 g/mol. The molecule has 19 heteroatoms. The van der Waals surface area contributed by atoms with Crippen LogP contribution in [0.1, 0.15) is 59.7 Å². The molecule has 1 fully saturated rings. The summed E-state index contributed by atoms with van der Waals surface area (Å²) in [7, 11) is 0. The van der Waals surface area contributed by atoms with Gasteiger partial charge in [-0.2, -0.15) is 0 Å². The number of amides is 4. The van der Waals surface area contributed by atoms with Crippen molar-refractivity contribution >= 4 is 29.3 Å². The maximum absolute atomic E-state index is 13.2. The summed E-state index contributed by atoms with van der Waals surface area (Å²) >= 11 is 0. The number of carbonyl (C=O) groups excluding carboxylic acids is 4. The first-order valence-electron chi connectivity index (χ1n) is 21.6. The lowest BCUT2D eigenvalue weighted by atomic mass is 10.0. The van der Waals surface area contributed by atoms with Crippen LogP contribution in [0, 0.1) is 0 Å². The van der Waals surface area contributed by atoms with Gasteiger partial charge in [-0.3, -0.25) is 29.4 Å². The highest BCUT2D eigenvalue weighted by Gasteiger charge is 2.45. The van der Waals surface area contributed by atoms with Gasteiger partial charge in [0.15, 0.2) is 0 Å². The van der Waals surface area contributed by atoms with Crippen LogP contribution in [0.15, 0.2) is 18.2 Å². The van der Waals surface area contributed by atoms with E-state index < -0.39 is 29.7 Å². The second kappa shape index (κ2) is 35.3. The largest absolute Gasteiger partial charge is 0.382 e. The van der Waals surface area contributed by atoms with Gasteiger partial charge in [0.25, 0.3) is 11.8 Å². The van der Waals surface area contributed by atoms with E-state index >= 15 is 0 Å². The number of anilines is 1. The van der Waals surface area contributed by atoms with Crippen LogP contribution in [0.2, 0.25) is 0 Å². The Hall–Kier alpha value is -3.18. The van der Waals surface area contributed by atoms with Gasteiger partial charge >= 0.3 is 0 Å². The van der Waals surface area contributed by atoms with Gasteiger partial charge in [0.05, 0.1) is 163 Å². The summed E-state index contributed by atoms with van der Waals surface area (Å²) in [4.78, 5) is 50.9. The molecule has 0 spiro atoms. The van der Waals surface area contributed by atoms with Gasteiger partial charge in [0.2, 0.25) is 11.8 Å². The molecule has 1 aromatic carbocycles. The van der Waals surface area contributed by atoms with Crippen LogP contribution in [0.5, 0.6) is 0 Å². The van der Waals surface area contributed by atoms with Gasteiger partial charge in [-0.05, 0) is 25.0 Å². The topological polar surface area (TPSA) is 206 Å². The Morgan fingerprint density at radius 2 is 0.918 bits per heavy atom. The number of ether oxygens (including phenoxy) is 12. The van der Waals surface area contributed by atoms with Crippen LogP contribution in [-0.2, 0) is 66.4 Å². The molecule has 1 unspecified atom stereocenters. The fourth-order valence-electron chi connectivity index (χ4n) is 5.90. The molecule has 0 aliphatic carbocycles. The predicted octanol–water partition coefficient (Wildman–Crippen LogP) is 1.89. The van der Waals surface area contributed by atoms with Crippen LogP contribution < -0.4 is 10.6 Å². The third-order valence-electron chi connectivity index (χ3n) is 9.01. The van der Waals surface area contributed by atoms with E-state index in [-0.39, 0.29) is 24.0 Å². The highest BCUT2D eigenvalue weighted by molar-refractivity contribution is 6.25. The highest BCUT2D eigenvalue weighted by atomic mass is 16.6. The third-order valence-corrected chi connectivity index (χ3v) is 9.01. The van der Waals surface area contributed by atoms with Crippen LogP contribution in [0.4, 0.5) is 5.69 Å². The molecule has 2 N–H and O–H groups in total. The van der Waals surface area contributed by atoms with Gasteiger partial charge in [0, 0.05) is 25.3 Å². The molecule has 2 aliphatic heterocycles. The zero-order valence-corrected chi connectivity index (χ0v) is 36.0. The lowest BCUT2D eigenvalue weighted by Gasteiger charge is -2.27. The first-order chi connectivity index (χ1) is 30.0. The minimum Gasteiger partial charge on any atom is -0.382 e. The molecule has 348 valence electrons. The normalized spacial score (nSPS) is 15.2. The number of carbonyl (C=O) groups is 4. The van der Waals surface area contributed by atoms with Gasteiger partial charge < -0.3 is 62.2 Å². The third kappa shape index (κ3) is 23.2. The molecule has 0 saturated carbocycles. The smallest absolute Gasteiger partial charge is 0.264 e. The molecule has 0 bridgehead atoms. The Bertz CT molecular complexity index is 1340. The van der Waals surface area contributed by atoms with E-state index in [1.165, 1.54) is 12.8 Å². The molecule has 61 heavy (non-hydrogen) atoms. The number of hydrogen-bond donors (Lipinski definition) is 2.